The number of rotatable bonds is 4. The monoisotopic (exact) mass is 246 g/mol. The molecule has 18 heavy (non-hydrogen) atoms. The summed E-state index contributed by atoms with van der Waals surface area (Å²) in [6, 6.07) is 5.60. The van der Waals surface area contributed by atoms with E-state index in [0.717, 1.165) is 5.69 Å². The molecule has 0 bridgehead atoms. The summed E-state index contributed by atoms with van der Waals surface area (Å²) in [7, 11) is 0. The second-order valence-electron chi connectivity index (χ2n) is 4.34. The normalized spacial score (nSPS) is 10.9. The molecule has 0 amide bonds. The van der Waals surface area contributed by atoms with Gasteiger partial charge >= 0.3 is 0 Å². The van der Waals surface area contributed by atoms with E-state index in [1.54, 1.807) is 10.7 Å². The van der Waals surface area contributed by atoms with Crippen LogP contribution in [0.25, 0.3) is 5.82 Å². The molecule has 5 nitrogen and oxygen atoms in total. The summed E-state index contributed by atoms with van der Waals surface area (Å²) in [4.78, 5) is 4.36. The number of pyridine rings is 1. The van der Waals surface area contributed by atoms with Gasteiger partial charge in [0.1, 0.15) is 0 Å². The third kappa shape index (κ3) is 2.45. The first-order valence-corrected chi connectivity index (χ1v) is 6.07. The van der Waals surface area contributed by atoms with Crippen molar-refractivity contribution >= 4 is 5.69 Å². The van der Waals surface area contributed by atoms with Gasteiger partial charge in [0.15, 0.2) is 5.82 Å². The molecular formula is C13H18N4O. The highest BCUT2D eigenvalue weighted by Crippen LogP contribution is 2.20. The Kier molecular flexibility index (Phi) is 3.50. The molecule has 0 aliphatic rings. The average molecular weight is 246 g/mol. The first kappa shape index (κ1) is 12.4. The van der Waals surface area contributed by atoms with Gasteiger partial charge in [0.05, 0.1) is 18.0 Å². The maximum atomic E-state index is 5.79. The van der Waals surface area contributed by atoms with E-state index >= 15 is 0 Å². The minimum atomic E-state index is 0.395. The molecular weight excluding hydrogens is 228 g/mol. The quantitative estimate of drug-likeness (QED) is 0.899. The largest absolute Gasteiger partial charge is 0.476 e. The average Bonchev–Trinajstić information content (AvgIpc) is 2.82. The molecule has 2 heterocycles. The third-order valence-corrected chi connectivity index (χ3v) is 2.59. The summed E-state index contributed by atoms with van der Waals surface area (Å²) >= 11 is 0. The summed E-state index contributed by atoms with van der Waals surface area (Å²) < 4.78 is 7.11. The van der Waals surface area contributed by atoms with Gasteiger partial charge in [-0.3, -0.25) is 0 Å². The molecule has 96 valence electrons. The number of aromatic nitrogens is 3. The second-order valence-corrected chi connectivity index (χ2v) is 4.34. The molecule has 2 rings (SSSR count). The zero-order chi connectivity index (χ0) is 13.1. The third-order valence-electron chi connectivity index (χ3n) is 2.59. The number of ether oxygens (including phenoxy) is 1. The summed E-state index contributed by atoms with van der Waals surface area (Å²) in [5.74, 6) is 1.56. The molecule has 0 saturated heterocycles. The minimum Gasteiger partial charge on any atom is -0.476 e. The highest BCUT2D eigenvalue weighted by molar-refractivity contribution is 5.50. The van der Waals surface area contributed by atoms with Crippen LogP contribution in [-0.2, 0) is 0 Å². The van der Waals surface area contributed by atoms with Crippen LogP contribution in [0.4, 0.5) is 5.69 Å². The van der Waals surface area contributed by atoms with Crippen molar-refractivity contribution in [1.82, 2.24) is 14.8 Å². The van der Waals surface area contributed by atoms with Gasteiger partial charge in [0.2, 0.25) is 5.88 Å². The zero-order valence-electron chi connectivity index (χ0n) is 10.9. The van der Waals surface area contributed by atoms with Crippen LogP contribution in [-0.4, -0.2) is 21.4 Å². The SMILES string of the molecule is CCOc1nc(-n2ccc(C(C)C)n2)ccc1N. The van der Waals surface area contributed by atoms with Gasteiger partial charge in [0, 0.05) is 6.20 Å². The van der Waals surface area contributed by atoms with Gasteiger partial charge in [-0.2, -0.15) is 10.1 Å². The number of hydrogen-bond acceptors (Lipinski definition) is 4. The lowest BCUT2D eigenvalue weighted by Gasteiger charge is -2.08. The minimum absolute atomic E-state index is 0.395. The van der Waals surface area contributed by atoms with Crippen LogP contribution in [0.15, 0.2) is 24.4 Å². The van der Waals surface area contributed by atoms with E-state index in [9.17, 15) is 0 Å². The molecule has 0 radical (unpaired) electrons. The predicted molar refractivity (Wildman–Crippen MR) is 71.0 cm³/mol. The molecule has 0 unspecified atom stereocenters. The van der Waals surface area contributed by atoms with Crippen LogP contribution < -0.4 is 10.5 Å². The summed E-state index contributed by atoms with van der Waals surface area (Å²) in [6.45, 7) is 6.65. The van der Waals surface area contributed by atoms with E-state index < -0.39 is 0 Å². The van der Waals surface area contributed by atoms with Crippen LogP contribution >= 0.6 is 0 Å². The molecule has 0 fully saturated rings. The fourth-order valence-corrected chi connectivity index (χ4v) is 1.59. The van der Waals surface area contributed by atoms with Gasteiger partial charge in [-0.1, -0.05) is 13.8 Å². The number of hydrogen-bond donors (Lipinski definition) is 1. The Balaban J connectivity index is 2.34. The first-order valence-electron chi connectivity index (χ1n) is 6.07. The van der Waals surface area contributed by atoms with Crippen molar-refractivity contribution in [2.75, 3.05) is 12.3 Å². The van der Waals surface area contributed by atoms with Gasteiger partial charge < -0.3 is 10.5 Å². The Morgan fingerprint density at radius 1 is 1.33 bits per heavy atom. The number of nitrogen functional groups attached to an aromatic ring is 1. The molecule has 0 aromatic carbocycles. The van der Waals surface area contributed by atoms with E-state index in [4.69, 9.17) is 10.5 Å². The number of nitrogens with zero attached hydrogens (tertiary/aromatic N) is 3. The van der Waals surface area contributed by atoms with Crippen LogP contribution in [0.3, 0.4) is 0 Å². The lowest BCUT2D eigenvalue weighted by atomic mass is 10.1. The standard InChI is InChI=1S/C13H18N4O/c1-4-18-13-10(14)5-6-12(15-13)17-8-7-11(16-17)9(2)3/h5-9H,4,14H2,1-3H3. The maximum absolute atomic E-state index is 5.79. The van der Waals surface area contributed by atoms with Crippen molar-refractivity contribution in [3.63, 3.8) is 0 Å². The summed E-state index contributed by atoms with van der Waals surface area (Å²) in [6.07, 6.45) is 1.89. The van der Waals surface area contributed by atoms with Gasteiger partial charge in [-0.25, -0.2) is 4.68 Å². The maximum Gasteiger partial charge on any atom is 0.239 e. The molecule has 0 spiro atoms. The molecule has 2 N–H and O–H groups in total. The van der Waals surface area contributed by atoms with Gasteiger partial charge in [-0.15, -0.1) is 0 Å². The Bertz CT molecular complexity index is 534. The van der Waals surface area contributed by atoms with Crippen molar-refractivity contribution in [3.05, 3.63) is 30.1 Å². The van der Waals surface area contributed by atoms with E-state index in [2.05, 4.69) is 23.9 Å². The Morgan fingerprint density at radius 2 is 2.11 bits per heavy atom. The fourth-order valence-electron chi connectivity index (χ4n) is 1.59. The molecule has 5 heteroatoms. The van der Waals surface area contributed by atoms with Gasteiger partial charge in [0.25, 0.3) is 0 Å². The van der Waals surface area contributed by atoms with Crippen molar-refractivity contribution < 1.29 is 4.74 Å². The van der Waals surface area contributed by atoms with E-state index in [-0.39, 0.29) is 0 Å². The Hall–Kier alpha value is -2.04. The summed E-state index contributed by atoms with van der Waals surface area (Å²) in [5, 5.41) is 4.47. The lowest BCUT2D eigenvalue weighted by molar-refractivity contribution is 0.328. The van der Waals surface area contributed by atoms with Crippen LogP contribution in [0.5, 0.6) is 5.88 Å². The second kappa shape index (κ2) is 5.08. The zero-order valence-corrected chi connectivity index (χ0v) is 10.9. The smallest absolute Gasteiger partial charge is 0.239 e. The highest BCUT2D eigenvalue weighted by Gasteiger charge is 2.08. The Labute approximate surface area is 107 Å². The van der Waals surface area contributed by atoms with Crippen LogP contribution in [0.2, 0.25) is 0 Å². The van der Waals surface area contributed by atoms with Gasteiger partial charge in [-0.05, 0) is 31.0 Å². The first-order chi connectivity index (χ1) is 8.61. The molecule has 2 aromatic heterocycles. The van der Waals surface area contributed by atoms with Crippen molar-refractivity contribution in [2.24, 2.45) is 0 Å². The van der Waals surface area contributed by atoms with Crippen LogP contribution in [0.1, 0.15) is 32.4 Å². The van der Waals surface area contributed by atoms with Crippen LogP contribution in [0, 0.1) is 0 Å². The fraction of sp³-hybridized carbons (Fsp3) is 0.385. The molecule has 0 atom stereocenters. The van der Waals surface area contributed by atoms with E-state index in [1.807, 2.05) is 25.3 Å². The number of anilines is 1. The molecule has 0 aliphatic carbocycles. The lowest BCUT2D eigenvalue weighted by Crippen LogP contribution is -2.04. The van der Waals surface area contributed by atoms with Crippen molar-refractivity contribution in [1.29, 1.82) is 0 Å². The highest BCUT2D eigenvalue weighted by atomic mass is 16.5. The predicted octanol–water partition coefficient (Wildman–Crippen LogP) is 2.37. The van der Waals surface area contributed by atoms with Crippen molar-refractivity contribution in [2.45, 2.75) is 26.7 Å². The Morgan fingerprint density at radius 3 is 2.72 bits per heavy atom. The van der Waals surface area contributed by atoms with E-state index in [1.165, 1.54) is 0 Å². The van der Waals surface area contributed by atoms with E-state index in [0.29, 0.717) is 29.9 Å². The van der Waals surface area contributed by atoms with Crippen molar-refractivity contribution in [3.8, 4) is 11.7 Å². The topological polar surface area (TPSA) is 66.0 Å². The molecule has 0 aliphatic heterocycles. The molecule has 2 aromatic rings. The number of nitrogens with two attached hydrogens (primary N) is 1. The summed E-state index contributed by atoms with van der Waals surface area (Å²) in [5.41, 5.74) is 7.36. The molecule has 0 saturated carbocycles.